The van der Waals surface area contributed by atoms with Crippen LogP contribution < -0.4 is 15.4 Å². The summed E-state index contributed by atoms with van der Waals surface area (Å²) >= 11 is 0. The summed E-state index contributed by atoms with van der Waals surface area (Å²) in [6, 6.07) is 8.62. The van der Waals surface area contributed by atoms with E-state index in [4.69, 9.17) is 4.74 Å². The van der Waals surface area contributed by atoms with Gasteiger partial charge in [-0.3, -0.25) is 4.79 Å². The Kier molecular flexibility index (Phi) is 7.09. The molecule has 0 aliphatic rings. The van der Waals surface area contributed by atoms with E-state index in [2.05, 4.69) is 29.7 Å². The first-order valence-electron chi connectivity index (χ1n) is 7.17. The summed E-state index contributed by atoms with van der Waals surface area (Å²) in [4.78, 5) is 11.5. The van der Waals surface area contributed by atoms with Gasteiger partial charge in [0.2, 0.25) is 5.91 Å². The van der Waals surface area contributed by atoms with Crippen LogP contribution in [0.25, 0.3) is 0 Å². The molecule has 0 saturated carbocycles. The number of carbonyl (C=O) groups is 1. The van der Waals surface area contributed by atoms with Crippen LogP contribution in [0.15, 0.2) is 24.3 Å². The van der Waals surface area contributed by atoms with Gasteiger partial charge < -0.3 is 15.4 Å². The topological polar surface area (TPSA) is 50.4 Å². The van der Waals surface area contributed by atoms with E-state index in [0.29, 0.717) is 12.6 Å². The van der Waals surface area contributed by atoms with Gasteiger partial charge in [0, 0.05) is 12.1 Å². The van der Waals surface area contributed by atoms with Gasteiger partial charge in [-0.05, 0) is 51.3 Å². The minimum absolute atomic E-state index is 0.0521. The molecular formula is C16H26N2O2. The summed E-state index contributed by atoms with van der Waals surface area (Å²) in [5.74, 6) is 0.932. The second-order valence-electron chi connectivity index (χ2n) is 5.39. The minimum Gasteiger partial charge on any atom is -0.497 e. The molecule has 20 heavy (non-hydrogen) atoms. The number of amides is 1. The Balaban J connectivity index is 2.25. The number of aryl methyl sites for hydroxylation is 1. The molecule has 0 fully saturated rings. The highest BCUT2D eigenvalue weighted by atomic mass is 16.5. The second kappa shape index (κ2) is 8.59. The molecule has 0 heterocycles. The summed E-state index contributed by atoms with van der Waals surface area (Å²) in [7, 11) is 1.67. The summed E-state index contributed by atoms with van der Waals surface area (Å²) in [6.45, 7) is 6.41. The highest BCUT2D eigenvalue weighted by Gasteiger charge is 2.06. The Hall–Kier alpha value is -1.55. The lowest BCUT2D eigenvalue weighted by Crippen LogP contribution is -2.40. The van der Waals surface area contributed by atoms with Crippen molar-refractivity contribution in [1.29, 1.82) is 0 Å². The van der Waals surface area contributed by atoms with E-state index < -0.39 is 0 Å². The van der Waals surface area contributed by atoms with Gasteiger partial charge in [-0.25, -0.2) is 0 Å². The quantitative estimate of drug-likeness (QED) is 0.766. The summed E-state index contributed by atoms with van der Waals surface area (Å²) in [5.41, 5.74) is 1.28. The SMILES string of the molecule is COc1ccc(CCC(C)NCC(=O)NC(C)C)cc1. The Labute approximate surface area is 121 Å². The lowest BCUT2D eigenvalue weighted by Gasteiger charge is -2.15. The molecule has 4 nitrogen and oxygen atoms in total. The van der Waals surface area contributed by atoms with Crippen molar-refractivity contribution in [3.05, 3.63) is 29.8 Å². The number of hydrogen-bond donors (Lipinski definition) is 2. The predicted octanol–water partition coefficient (Wildman–Crippen LogP) is 2.13. The van der Waals surface area contributed by atoms with E-state index in [-0.39, 0.29) is 11.9 Å². The molecule has 0 aliphatic carbocycles. The van der Waals surface area contributed by atoms with Crippen LogP contribution in [0.5, 0.6) is 5.75 Å². The molecule has 112 valence electrons. The average Bonchev–Trinajstić information content (AvgIpc) is 2.42. The van der Waals surface area contributed by atoms with Crippen LogP contribution in [0, 0.1) is 0 Å². The van der Waals surface area contributed by atoms with Gasteiger partial charge in [-0.2, -0.15) is 0 Å². The van der Waals surface area contributed by atoms with Gasteiger partial charge in [0.15, 0.2) is 0 Å². The summed E-state index contributed by atoms with van der Waals surface area (Å²) in [5, 5.41) is 6.11. The Morgan fingerprint density at radius 1 is 1.20 bits per heavy atom. The van der Waals surface area contributed by atoms with Crippen molar-refractivity contribution in [2.24, 2.45) is 0 Å². The molecule has 0 aliphatic heterocycles. The molecule has 1 amide bonds. The highest BCUT2D eigenvalue weighted by molar-refractivity contribution is 5.78. The van der Waals surface area contributed by atoms with E-state index in [1.54, 1.807) is 7.11 Å². The van der Waals surface area contributed by atoms with Crippen molar-refractivity contribution in [3.63, 3.8) is 0 Å². The van der Waals surface area contributed by atoms with Crippen molar-refractivity contribution in [2.45, 2.75) is 45.7 Å². The van der Waals surface area contributed by atoms with E-state index >= 15 is 0 Å². The zero-order valence-electron chi connectivity index (χ0n) is 12.9. The fraction of sp³-hybridized carbons (Fsp3) is 0.562. The largest absolute Gasteiger partial charge is 0.497 e. The van der Waals surface area contributed by atoms with Crippen LogP contribution in [-0.4, -0.2) is 31.6 Å². The Morgan fingerprint density at radius 2 is 1.85 bits per heavy atom. The van der Waals surface area contributed by atoms with Gasteiger partial charge >= 0.3 is 0 Å². The number of benzene rings is 1. The molecular weight excluding hydrogens is 252 g/mol. The molecule has 1 aromatic rings. The van der Waals surface area contributed by atoms with E-state index in [9.17, 15) is 4.79 Å². The number of ether oxygens (including phenoxy) is 1. The average molecular weight is 278 g/mol. The maximum absolute atomic E-state index is 11.5. The molecule has 1 unspecified atom stereocenters. The van der Waals surface area contributed by atoms with Crippen LogP contribution in [0.3, 0.4) is 0 Å². The monoisotopic (exact) mass is 278 g/mol. The fourth-order valence-electron chi connectivity index (χ4n) is 1.92. The molecule has 1 rings (SSSR count). The zero-order chi connectivity index (χ0) is 15.0. The van der Waals surface area contributed by atoms with Crippen molar-refractivity contribution in [2.75, 3.05) is 13.7 Å². The van der Waals surface area contributed by atoms with E-state index in [0.717, 1.165) is 18.6 Å². The van der Waals surface area contributed by atoms with Gasteiger partial charge in [-0.15, -0.1) is 0 Å². The number of methoxy groups -OCH3 is 1. The summed E-state index contributed by atoms with van der Waals surface area (Å²) in [6.07, 6.45) is 1.99. The third kappa shape index (κ3) is 6.57. The number of nitrogens with one attached hydrogen (secondary N) is 2. The molecule has 4 heteroatoms. The predicted molar refractivity (Wildman–Crippen MR) is 82.1 cm³/mol. The number of hydrogen-bond acceptors (Lipinski definition) is 3. The second-order valence-corrected chi connectivity index (χ2v) is 5.39. The normalized spacial score (nSPS) is 12.2. The van der Waals surface area contributed by atoms with Crippen molar-refractivity contribution in [1.82, 2.24) is 10.6 Å². The van der Waals surface area contributed by atoms with Crippen LogP contribution in [0.1, 0.15) is 32.8 Å². The van der Waals surface area contributed by atoms with Crippen LogP contribution >= 0.6 is 0 Å². The molecule has 0 saturated heterocycles. The third-order valence-electron chi connectivity index (χ3n) is 3.09. The van der Waals surface area contributed by atoms with Crippen molar-refractivity contribution < 1.29 is 9.53 Å². The van der Waals surface area contributed by atoms with E-state index in [1.807, 2.05) is 26.0 Å². The Bertz CT molecular complexity index is 401. The molecule has 0 spiro atoms. The maximum atomic E-state index is 11.5. The number of rotatable bonds is 8. The molecule has 0 radical (unpaired) electrons. The van der Waals surface area contributed by atoms with Gasteiger partial charge in [0.05, 0.1) is 13.7 Å². The fourth-order valence-corrected chi connectivity index (χ4v) is 1.92. The summed E-state index contributed by atoms with van der Waals surface area (Å²) < 4.78 is 5.13. The first-order chi connectivity index (χ1) is 9.51. The first-order valence-corrected chi connectivity index (χ1v) is 7.17. The maximum Gasteiger partial charge on any atom is 0.234 e. The standard InChI is InChI=1S/C16H26N2O2/c1-12(2)18-16(19)11-17-13(3)5-6-14-7-9-15(20-4)10-8-14/h7-10,12-13,17H,5-6,11H2,1-4H3,(H,18,19). The van der Waals surface area contributed by atoms with Crippen LogP contribution in [0.4, 0.5) is 0 Å². The highest BCUT2D eigenvalue weighted by Crippen LogP contribution is 2.13. The molecule has 2 N–H and O–H groups in total. The Morgan fingerprint density at radius 3 is 2.40 bits per heavy atom. The lowest BCUT2D eigenvalue weighted by atomic mass is 10.1. The third-order valence-corrected chi connectivity index (χ3v) is 3.09. The van der Waals surface area contributed by atoms with Crippen molar-refractivity contribution >= 4 is 5.91 Å². The van der Waals surface area contributed by atoms with Crippen LogP contribution in [-0.2, 0) is 11.2 Å². The molecule has 0 aromatic heterocycles. The number of carbonyl (C=O) groups excluding carboxylic acids is 1. The first kappa shape index (κ1) is 16.5. The molecule has 1 aromatic carbocycles. The molecule has 1 atom stereocenters. The van der Waals surface area contributed by atoms with Crippen LogP contribution in [0.2, 0.25) is 0 Å². The van der Waals surface area contributed by atoms with Gasteiger partial charge in [0.25, 0.3) is 0 Å². The van der Waals surface area contributed by atoms with Crippen molar-refractivity contribution in [3.8, 4) is 5.75 Å². The van der Waals surface area contributed by atoms with Gasteiger partial charge in [-0.1, -0.05) is 12.1 Å². The minimum atomic E-state index is 0.0521. The smallest absolute Gasteiger partial charge is 0.234 e. The zero-order valence-corrected chi connectivity index (χ0v) is 12.9. The lowest BCUT2D eigenvalue weighted by molar-refractivity contribution is -0.120. The van der Waals surface area contributed by atoms with Gasteiger partial charge in [0.1, 0.15) is 5.75 Å². The van der Waals surface area contributed by atoms with E-state index in [1.165, 1.54) is 5.56 Å². The molecule has 0 bridgehead atoms.